The van der Waals surface area contributed by atoms with Crippen molar-refractivity contribution in [1.82, 2.24) is 24.8 Å². The Morgan fingerprint density at radius 3 is 2.54 bits per heavy atom. The zero-order valence-electron chi connectivity index (χ0n) is 19.0. The summed E-state index contributed by atoms with van der Waals surface area (Å²) < 4.78 is 3.23. The van der Waals surface area contributed by atoms with Crippen molar-refractivity contribution in [3.8, 4) is 17.1 Å². The number of aryl methyl sites for hydroxylation is 2. The number of para-hydroxylation sites is 1. The molecule has 172 valence electrons. The minimum absolute atomic E-state index is 0.127. The second kappa shape index (κ2) is 9.12. The highest BCUT2D eigenvalue weighted by atomic mass is 35.5. The average molecular weight is 482 g/mol. The molecule has 0 spiro atoms. The zero-order valence-corrected chi connectivity index (χ0v) is 19.8. The van der Waals surface area contributed by atoms with Crippen LogP contribution < -0.4 is 5.43 Å². The topological polar surface area (TPSA) is 82.7 Å². The molecule has 2 heterocycles. The van der Waals surface area contributed by atoms with Crippen LogP contribution in [0.2, 0.25) is 5.02 Å². The van der Waals surface area contributed by atoms with E-state index in [9.17, 15) is 9.59 Å². The van der Waals surface area contributed by atoms with E-state index in [1.165, 1.54) is 10.8 Å². The maximum Gasteiger partial charge on any atom is 0.200 e. The Morgan fingerprint density at radius 1 is 1.00 bits per heavy atom. The summed E-state index contributed by atoms with van der Waals surface area (Å²) in [5, 5.41) is 13.0. The summed E-state index contributed by atoms with van der Waals surface area (Å²) in [6.07, 6.45) is 4.80. The summed E-state index contributed by atoms with van der Waals surface area (Å²) >= 11 is 6.01. The van der Waals surface area contributed by atoms with Gasteiger partial charge in [-0.2, -0.15) is 4.68 Å². The van der Waals surface area contributed by atoms with Crippen LogP contribution in [0.1, 0.15) is 21.5 Å². The first-order valence-corrected chi connectivity index (χ1v) is 11.3. The molecule has 0 fully saturated rings. The van der Waals surface area contributed by atoms with E-state index >= 15 is 0 Å². The van der Waals surface area contributed by atoms with Crippen molar-refractivity contribution in [3.63, 3.8) is 0 Å². The molecular formula is C27H20ClN5O2. The smallest absolute Gasteiger partial charge is 0.200 e. The number of halogens is 1. The molecule has 0 aliphatic heterocycles. The first-order chi connectivity index (χ1) is 16.9. The molecule has 0 aliphatic rings. The Bertz CT molecular complexity index is 1670. The van der Waals surface area contributed by atoms with Crippen LogP contribution in [-0.2, 0) is 0 Å². The van der Waals surface area contributed by atoms with Crippen molar-refractivity contribution in [2.24, 2.45) is 0 Å². The third-order valence-corrected chi connectivity index (χ3v) is 6.01. The molecule has 0 amide bonds. The van der Waals surface area contributed by atoms with Gasteiger partial charge in [0, 0.05) is 34.4 Å². The molecule has 8 heteroatoms. The predicted octanol–water partition coefficient (Wildman–Crippen LogP) is 5.27. The summed E-state index contributed by atoms with van der Waals surface area (Å²) in [4.78, 5) is 26.3. The lowest BCUT2D eigenvalue weighted by molar-refractivity contribution is 0.104. The van der Waals surface area contributed by atoms with Gasteiger partial charge in [-0.05, 0) is 66.2 Å². The normalized spacial score (nSPS) is 11.4. The van der Waals surface area contributed by atoms with Crippen molar-refractivity contribution >= 4 is 34.5 Å². The number of rotatable bonds is 5. The van der Waals surface area contributed by atoms with Gasteiger partial charge in [0.05, 0.1) is 16.8 Å². The van der Waals surface area contributed by atoms with Crippen LogP contribution in [0.15, 0.2) is 83.8 Å². The summed E-state index contributed by atoms with van der Waals surface area (Å²) in [6, 6.07) is 19.9. The monoisotopic (exact) mass is 481 g/mol. The van der Waals surface area contributed by atoms with Gasteiger partial charge in [-0.3, -0.25) is 9.59 Å². The van der Waals surface area contributed by atoms with E-state index in [-0.39, 0.29) is 17.0 Å². The number of carbonyl (C=O) groups excluding carboxylic acids is 1. The van der Waals surface area contributed by atoms with Crippen molar-refractivity contribution in [2.75, 3.05) is 0 Å². The lowest BCUT2D eigenvalue weighted by Crippen LogP contribution is -2.13. The van der Waals surface area contributed by atoms with E-state index in [2.05, 4.69) is 15.5 Å². The fourth-order valence-corrected chi connectivity index (χ4v) is 4.15. The first-order valence-electron chi connectivity index (χ1n) is 10.9. The van der Waals surface area contributed by atoms with Crippen molar-refractivity contribution in [2.45, 2.75) is 13.8 Å². The highest BCUT2D eigenvalue weighted by Gasteiger charge is 2.17. The van der Waals surface area contributed by atoms with E-state index < -0.39 is 0 Å². The Labute approximate surface area is 205 Å². The molecule has 0 atom stereocenters. The van der Waals surface area contributed by atoms with Crippen LogP contribution >= 0.6 is 11.6 Å². The van der Waals surface area contributed by atoms with E-state index in [0.29, 0.717) is 32.7 Å². The molecule has 5 rings (SSSR count). The highest BCUT2D eigenvalue weighted by molar-refractivity contribution is 6.30. The number of ketones is 1. The number of aromatic nitrogens is 5. The van der Waals surface area contributed by atoms with E-state index in [4.69, 9.17) is 11.6 Å². The van der Waals surface area contributed by atoms with Crippen LogP contribution in [0.4, 0.5) is 0 Å². The fraction of sp³-hybridized carbons (Fsp3) is 0.0741. The summed E-state index contributed by atoms with van der Waals surface area (Å²) in [6.45, 7) is 3.90. The SMILES string of the molecule is Cc1ccc(C(=O)/C=C/n2cc(-c3nnnn3-c3ccc(Cl)cc3)c(=O)c3ccccc32)c(C)c1. The summed E-state index contributed by atoms with van der Waals surface area (Å²) in [5.41, 5.74) is 4.04. The number of carbonyl (C=O) groups is 1. The second-order valence-electron chi connectivity index (χ2n) is 8.19. The van der Waals surface area contributed by atoms with E-state index in [1.807, 2.05) is 44.2 Å². The van der Waals surface area contributed by atoms with Gasteiger partial charge in [0.15, 0.2) is 11.6 Å². The number of allylic oxidation sites excluding steroid dienone is 1. The molecule has 0 N–H and O–H groups in total. The van der Waals surface area contributed by atoms with Crippen molar-refractivity contribution in [3.05, 3.63) is 111 Å². The van der Waals surface area contributed by atoms with Gasteiger partial charge >= 0.3 is 0 Å². The maximum atomic E-state index is 13.4. The fourth-order valence-electron chi connectivity index (χ4n) is 4.02. The Balaban J connectivity index is 1.63. The third kappa shape index (κ3) is 4.29. The van der Waals surface area contributed by atoms with Crippen LogP contribution in [0.25, 0.3) is 34.2 Å². The van der Waals surface area contributed by atoms with Crippen molar-refractivity contribution < 1.29 is 4.79 Å². The number of hydrogen-bond donors (Lipinski definition) is 0. The van der Waals surface area contributed by atoms with Crippen molar-refractivity contribution in [1.29, 1.82) is 0 Å². The van der Waals surface area contributed by atoms with Crippen LogP contribution in [0.3, 0.4) is 0 Å². The van der Waals surface area contributed by atoms with Crippen LogP contribution in [-0.4, -0.2) is 30.6 Å². The number of fused-ring (bicyclic) bond motifs is 1. The van der Waals surface area contributed by atoms with Gasteiger partial charge < -0.3 is 4.57 Å². The lowest BCUT2D eigenvalue weighted by Gasteiger charge is -2.10. The summed E-state index contributed by atoms with van der Waals surface area (Å²) in [5.74, 6) is 0.156. The minimum Gasteiger partial charge on any atom is -0.322 e. The van der Waals surface area contributed by atoms with Gasteiger partial charge in [0.25, 0.3) is 0 Å². The zero-order chi connectivity index (χ0) is 24.5. The molecule has 35 heavy (non-hydrogen) atoms. The second-order valence-corrected chi connectivity index (χ2v) is 8.62. The number of nitrogens with zero attached hydrogens (tertiary/aromatic N) is 5. The largest absolute Gasteiger partial charge is 0.322 e. The molecule has 0 bridgehead atoms. The predicted molar refractivity (Wildman–Crippen MR) is 137 cm³/mol. The summed E-state index contributed by atoms with van der Waals surface area (Å²) in [7, 11) is 0. The lowest BCUT2D eigenvalue weighted by atomic mass is 10.0. The minimum atomic E-state index is -0.212. The number of tetrazole rings is 1. The third-order valence-electron chi connectivity index (χ3n) is 5.76. The van der Waals surface area contributed by atoms with E-state index in [0.717, 1.165) is 11.1 Å². The van der Waals surface area contributed by atoms with Crippen LogP contribution in [0.5, 0.6) is 0 Å². The van der Waals surface area contributed by atoms with E-state index in [1.54, 1.807) is 53.4 Å². The number of pyridine rings is 1. The molecule has 5 aromatic rings. The van der Waals surface area contributed by atoms with Gasteiger partial charge in [-0.15, -0.1) is 5.10 Å². The molecule has 0 saturated carbocycles. The molecule has 0 aliphatic carbocycles. The standard InChI is InChI=1S/C27H20ClN5O2/c1-17-7-12-21(18(2)15-17)25(34)13-14-32-16-23(26(35)22-5-3-4-6-24(22)32)27-29-30-31-33(27)20-10-8-19(28)9-11-20/h3-16H,1-2H3/b14-13+. The molecule has 0 unspecified atom stereocenters. The Hall–Kier alpha value is -4.36. The Kier molecular flexibility index (Phi) is 5.84. The highest BCUT2D eigenvalue weighted by Crippen LogP contribution is 2.22. The molecule has 0 saturated heterocycles. The number of hydrogen-bond acceptors (Lipinski definition) is 5. The molecule has 2 aromatic heterocycles. The number of benzene rings is 3. The van der Waals surface area contributed by atoms with Crippen LogP contribution in [0, 0.1) is 13.8 Å². The van der Waals surface area contributed by atoms with Gasteiger partial charge in [0.2, 0.25) is 5.43 Å². The quantitative estimate of drug-likeness (QED) is 0.252. The van der Waals surface area contributed by atoms with Gasteiger partial charge in [0.1, 0.15) is 0 Å². The first kappa shape index (κ1) is 22.4. The molecule has 3 aromatic carbocycles. The van der Waals surface area contributed by atoms with Gasteiger partial charge in [-0.25, -0.2) is 0 Å². The average Bonchev–Trinajstić information content (AvgIpc) is 3.34. The van der Waals surface area contributed by atoms with Gasteiger partial charge in [-0.1, -0.05) is 47.5 Å². The molecular weight excluding hydrogens is 462 g/mol. The Morgan fingerprint density at radius 2 is 1.77 bits per heavy atom. The molecule has 7 nitrogen and oxygen atoms in total. The molecule has 0 radical (unpaired) electrons. The maximum absolute atomic E-state index is 13.4.